The summed E-state index contributed by atoms with van der Waals surface area (Å²) in [6.45, 7) is 2.75. The van der Waals surface area contributed by atoms with E-state index < -0.39 is 6.04 Å². The van der Waals surface area contributed by atoms with Gasteiger partial charge in [-0.1, -0.05) is 0 Å². The number of H-pyrrole nitrogens is 1. The molecule has 6 nitrogen and oxygen atoms in total. The lowest BCUT2D eigenvalue weighted by molar-refractivity contribution is -0.142. The molecule has 1 atom stereocenters. The maximum absolute atomic E-state index is 13.1. The number of nitrogens with one attached hydrogen (secondary N) is 1. The maximum Gasteiger partial charge on any atom is 0.245 e. The average molecular weight is 344 g/mol. The predicted molar refractivity (Wildman–Crippen MR) is 90.9 cm³/mol. The number of carbonyl (C=O) groups is 2. The van der Waals surface area contributed by atoms with Crippen LogP contribution in [0.2, 0.25) is 0 Å². The number of amides is 2. The van der Waals surface area contributed by atoms with Crippen molar-refractivity contribution in [2.45, 2.75) is 32.4 Å². The normalized spacial score (nSPS) is 15.5. The largest absolute Gasteiger partial charge is 0.340 e. The van der Waals surface area contributed by atoms with Gasteiger partial charge in [0, 0.05) is 37.7 Å². The molecule has 1 aromatic heterocycles. The van der Waals surface area contributed by atoms with E-state index in [0.29, 0.717) is 19.5 Å². The van der Waals surface area contributed by atoms with Gasteiger partial charge in [-0.3, -0.25) is 14.7 Å². The molecule has 0 saturated carbocycles. The van der Waals surface area contributed by atoms with Gasteiger partial charge in [0.15, 0.2) is 0 Å². The lowest BCUT2D eigenvalue weighted by Gasteiger charge is -2.28. The van der Waals surface area contributed by atoms with Gasteiger partial charge in [0.25, 0.3) is 0 Å². The van der Waals surface area contributed by atoms with Crippen molar-refractivity contribution in [2.75, 3.05) is 13.6 Å². The van der Waals surface area contributed by atoms with Crippen LogP contribution in [-0.2, 0) is 16.1 Å². The molecule has 1 aromatic carbocycles. The van der Waals surface area contributed by atoms with Crippen LogP contribution in [0.25, 0.3) is 11.3 Å². The van der Waals surface area contributed by atoms with Gasteiger partial charge in [0.05, 0.1) is 11.9 Å². The first-order valence-electron chi connectivity index (χ1n) is 8.30. The summed E-state index contributed by atoms with van der Waals surface area (Å²) in [5, 5.41) is 6.95. The minimum atomic E-state index is -0.471. The van der Waals surface area contributed by atoms with E-state index in [2.05, 4.69) is 10.2 Å². The Kier molecular flexibility index (Phi) is 4.83. The molecule has 1 aliphatic heterocycles. The third-order valence-corrected chi connectivity index (χ3v) is 4.57. The standard InChI is InChI=1S/C18H21FN4O2/c1-12(23-9-3-4-16(23)24)18(25)22(2)11-14-10-20-21-17(14)13-5-7-15(19)8-6-13/h5-8,10,12H,3-4,9,11H2,1-2H3,(H,20,21). The van der Waals surface area contributed by atoms with Crippen LogP contribution in [-0.4, -0.2) is 51.4 Å². The minimum Gasteiger partial charge on any atom is -0.340 e. The Hall–Kier alpha value is -2.70. The Bertz CT molecular complexity index is 772. The maximum atomic E-state index is 13.1. The number of nitrogens with zero attached hydrogens (tertiary/aromatic N) is 3. The molecule has 1 N–H and O–H groups in total. The predicted octanol–water partition coefficient (Wildman–Crippen LogP) is 2.19. The van der Waals surface area contributed by atoms with Crippen molar-refractivity contribution >= 4 is 11.8 Å². The first kappa shape index (κ1) is 17.1. The number of carbonyl (C=O) groups excluding carboxylic acids is 2. The van der Waals surface area contributed by atoms with E-state index in [1.54, 1.807) is 42.1 Å². The zero-order valence-corrected chi connectivity index (χ0v) is 14.3. The highest BCUT2D eigenvalue weighted by Crippen LogP contribution is 2.23. The summed E-state index contributed by atoms with van der Waals surface area (Å²) in [7, 11) is 1.71. The smallest absolute Gasteiger partial charge is 0.245 e. The third-order valence-electron chi connectivity index (χ3n) is 4.57. The number of aromatic amines is 1. The van der Waals surface area contributed by atoms with E-state index >= 15 is 0 Å². The number of halogens is 1. The van der Waals surface area contributed by atoms with Gasteiger partial charge in [-0.25, -0.2) is 4.39 Å². The number of aromatic nitrogens is 2. The van der Waals surface area contributed by atoms with Gasteiger partial charge in [0.2, 0.25) is 11.8 Å². The van der Waals surface area contributed by atoms with Gasteiger partial charge in [-0.2, -0.15) is 5.10 Å². The molecule has 1 fully saturated rings. The van der Waals surface area contributed by atoms with Crippen molar-refractivity contribution in [2.24, 2.45) is 0 Å². The number of rotatable bonds is 5. The zero-order valence-electron chi connectivity index (χ0n) is 14.3. The second-order valence-electron chi connectivity index (χ2n) is 6.34. The van der Waals surface area contributed by atoms with E-state index in [1.165, 1.54) is 12.1 Å². The number of hydrogen-bond donors (Lipinski definition) is 1. The summed E-state index contributed by atoms with van der Waals surface area (Å²) in [5.41, 5.74) is 2.39. The molecule has 0 bridgehead atoms. The van der Waals surface area contributed by atoms with Crippen molar-refractivity contribution < 1.29 is 14.0 Å². The molecule has 0 aliphatic carbocycles. The molecule has 3 rings (SSSR count). The van der Waals surface area contributed by atoms with Gasteiger partial charge in [0.1, 0.15) is 11.9 Å². The summed E-state index contributed by atoms with van der Waals surface area (Å²) in [5.74, 6) is -0.382. The van der Waals surface area contributed by atoms with Gasteiger partial charge in [-0.05, 0) is 37.6 Å². The molecule has 2 amide bonds. The van der Waals surface area contributed by atoms with Gasteiger partial charge >= 0.3 is 0 Å². The van der Waals surface area contributed by atoms with E-state index in [-0.39, 0.29) is 17.6 Å². The van der Waals surface area contributed by atoms with E-state index in [9.17, 15) is 14.0 Å². The number of likely N-dealkylation sites (tertiary alicyclic amines) is 1. The highest BCUT2D eigenvalue weighted by Gasteiger charge is 2.31. The van der Waals surface area contributed by atoms with Crippen LogP contribution >= 0.6 is 0 Å². The number of benzene rings is 1. The van der Waals surface area contributed by atoms with E-state index in [0.717, 1.165) is 23.2 Å². The molecule has 0 spiro atoms. The summed E-state index contributed by atoms with van der Waals surface area (Å²) in [4.78, 5) is 27.7. The fraction of sp³-hybridized carbons (Fsp3) is 0.389. The Labute approximate surface area is 145 Å². The average Bonchev–Trinajstić information content (AvgIpc) is 3.23. The van der Waals surface area contributed by atoms with Crippen molar-refractivity contribution in [3.05, 3.63) is 41.8 Å². The van der Waals surface area contributed by atoms with E-state index in [4.69, 9.17) is 0 Å². The third kappa shape index (κ3) is 3.55. The molecule has 7 heteroatoms. The Morgan fingerprint density at radius 2 is 2.12 bits per heavy atom. The van der Waals surface area contributed by atoms with Crippen LogP contribution in [0.15, 0.2) is 30.5 Å². The second-order valence-corrected chi connectivity index (χ2v) is 6.34. The summed E-state index contributed by atoms with van der Waals surface area (Å²) in [6.07, 6.45) is 2.97. The molecule has 1 aliphatic rings. The van der Waals surface area contributed by atoms with Crippen LogP contribution in [0, 0.1) is 5.82 Å². The Morgan fingerprint density at radius 3 is 2.76 bits per heavy atom. The quantitative estimate of drug-likeness (QED) is 0.904. The van der Waals surface area contributed by atoms with Crippen molar-refractivity contribution in [1.82, 2.24) is 20.0 Å². The highest BCUT2D eigenvalue weighted by atomic mass is 19.1. The molecule has 1 saturated heterocycles. The summed E-state index contributed by atoms with van der Waals surface area (Å²) >= 11 is 0. The Balaban J connectivity index is 1.72. The lowest BCUT2D eigenvalue weighted by Crippen LogP contribution is -2.46. The lowest BCUT2D eigenvalue weighted by atomic mass is 10.1. The fourth-order valence-electron chi connectivity index (χ4n) is 3.16. The molecule has 1 unspecified atom stereocenters. The SMILES string of the molecule is CC(C(=O)N(C)Cc1cn[nH]c1-c1ccc(F)cc1)N1CCCC1=O. The summed E-state index contributed by atoms with van der Waals surface area (Å²) in [6, 6.07) is 5.63. The second kappa shape index (κ2) is 7.04. The van der Waals surface area contributed by atoms with Crippen molar-refractivity contribution in [3.8, 4) is 11.3 Å². The number of likely N-dealkylation sites (N-methyl/N-ethyl adjacent to an activating group) is 1. The molecule has 25 heavy (non-hydrogen) atoms. The van der Waals surface area contributed by atoms with Crippen LogP contribution in [0.1, 0.15) is 25.3 Å². The fourth-order valence-corrected chi connectivity index (χ4v) is 3.16. The molecule has 2 aromatic rings. The van der Waals surface area contributed by atoms with Crippen LogP contribution in [0.5, 0.6) is 0 Å². The molecule has 0 radical (unpaired) electrons. The van der Waals surface area contributed by atoms with Crippen LogP contribution in [0.4, 0.5) is 4.39 Å². The van der Waals surface area contributed by atoms with Gasteiger partial charge < -0.3 is 9.80 Å². The number of hydrogen-bond acceptors (Lipinski definition) is 3. The van der Waals surface area contributed by atoms with Crippen LogP contribution < -0.4 is 0 Å². The molecule has 2 heterocycles. The van der Waals surface area contributed by atoms with E-state index in [1.807, 2.05) is 0 Å². The van der Waals surface area contributed by atoms with Crippen molar-refractivity contribution in [1.29, 1.82) is 0 Å². The Morgan fingerprint density at radius 1 is 1.40 bits per heavy atom. The molecular weight excluding hydrogens is 323 g/mol. The molecular formula is C18H21FN4O2. The molecule has 132 valence electrons. The van der Waals surface area contributed by atoms with Crippen molar-refractivity contribution in [3.63, 3.8) is 0 Å². The highest BCUT2D eigenvalue weighted by molar-refractivity contribution is 5.88. The minimum absolute atomic E-state index is 0.0320. The monoisotopic (exact) mass is 344 g/mol. The topological polar surface area (TPSA) is 69.3 Å². The van der Waals surface area contributed by atoms with Gasteiger partial charge in [-0.15, -0.1) is 0 Å². The van der Waals surface area contributed by atoms with Crippen LogP contribution in [0.3, 0.4) is 0 Å². The summed E-state index contributed by atoms with van der Waals surface area (Å²) < 4.78 is 13.1. The zero-order chi connectivity index (χ0) is 18.0. The first-order valence-corrected chi connectivity index (χ1v) is 8.30. The first-order chi connectivity index (χ1) is 12.0.